The molecule has 1 heterocycles. The highest BCUT2D eigenvalue weighted by molar-refractivity contribution is 6.11. The molecular formula is C21H20N2O3. The molecule has 0 bridgehead atoms. The Morgan fingerprint density at radius 1 is 0.846 bits per heavy atom. The van der Waals surface area contributed by atoms with Crippen LogP contribution in [0, 0.1) is 0 Å². The van der Waals surface area contributed by atoms with Crippen LogP contribution < -0.4 is 14.2 Å². The van der Waals surface area contributed by atoms with Crippen molar-refractivity contribution < 1.29 is 14.2 Å². The van der Waals surface area contributed by atoms with E-state index in [2.05, 4.69) is 23.2 Å². The van der Waals surface area contributed by atoms with Crippen molar-refractivity contribution in [1.29, 1.82) is 0 Å². The number of imidazole rings is 1. The lowest BCUT2D eigenvalue weighted by Crippen LogP contribution is -1.93. The Morgan fingerprint density at radius 3 is 2.19 bits per heavy atom. The highest BCUT2D eigenvalue weighted by Gasteiger charge is 2.16. The van der Waals surface area contributed by atoms with Crippen LogP contribution in [0.3, 0.4) is 0 Å². The summed E-state index contributed by atoms with van der Waals surface area (Å²) in [5, 5.41) is 2.14. The molecule has 0 radical (unpaired) electrons. The number of aryl methyl sites for hydroxylation is 1. The van der Waals surface area contributed by atoms with Crippen molar-refractivity contribution in [3.8, 4) is 28.4 Å². The minimum atomic E-state index is 0.699. The molecule has 0 spiro atoms. The smallest absolute Gasteiger partial charge is 0.161 e. The van der Waals surface area contributed by atoms with Crippen LogP contribution in [0.15, 0.2) is 48.8 Å². The van der Waals surface area contributed by atoms with E-state index in [0.717, 1.165) is 38.7 Å². The summed E-state index contributed by atoms with van der Waals surface area (Å²) in [7, 11) is 6.97. The van der Waals surface area contributed by atoms with Crippen LogP contribution in [0.5, 0.6) is 17.2 Å². The fourth-order valence-corrected chi connectivity index (χ4v) is 3.36. The van der Waals surface area contributed by atoms with Gasteiger partial charge in [-0.2, -0.15) is 0 Å². The quantitative estimate of drug-likeness (QED) is 0.548. The average molecular weight is 348 g/mol. The SMILES string of the molecule is COc1ccc(-c2c3cc(OC)c(OC)cc3cc3c2ncn3C)cc1. The zero-order valence-corrected chi connectivity index (χ0v) is 15.2. The van der Waals surface area contributed by atoms with Crippen LogP contribution in [0.25, 0.3) is 32.9 Å². The molecule has 0 saturated carbocycles. The molecular weight excluding hydrogens is 328 g/mol. The molecule has 0 fully saturated rings. The van der Waals surface area contributed by atoms with Crippen LogP contribution in [-0.4, -0.2) is 30.9 Å². The lowest BCUT2D eigenvalue weighted by atomic mass is 9.96. The maximum atomic E-state index is 5.52. The first-order valence-electron chi connectivity index (χ1n) is 8.30. The minimum Gasteiger partial charge on any atom is -0.497 e. The number of hydrogen-bond donors (Lipinski definition) is 0. The molecule has 5 nitrogen and oxygen atoms in total. The molecule has 0 atom stereocenters. The number of nitrogens with zero attached hydrogens (tertiary/aromatic N) is 2. The topological polar surface area (TPSA) is 45.5 Å². The van der Waals surface area contributed by atoms with E-state index in [1.54, 1.807) is 21.3 Å². The van der Waals surface area contributed by atoms with Gasteiger partial charge >= 0.3 is 0 Å². The predicted molar refractivity (Wildman–Crippen MR) is 103 cm³/mol. The maximum absolute atomic E-state index is 5.52. The lowest BCUT2D eigenvalue weighted by Gasteiger charge is -2.14. The second-order valence-corrected chi connectivity index (χ2v) is 6.13. The summed E-state index contributed by atoms with van der Waals surface area (Å²) >= 11 is 0. The Morgan fingerprint density at radius 2 is 1.54 bits per heavy atom. The first kappa shape index (κ1) is 16.3. The lowest BCUT2D eigenvalue weighted by molar-refractivity contribution is 0.356. The van der Waals surface area contributed by atoms with E-state index >= 15 is 0 Å². The fourth-order valence-electron chi connectivity index (χ4n) is 3.36. The summed E-state index contributed by atoms with van der Waals surface area (Å²) in [5.74, 6) is 2.23. The molecule has 0 aliphatic heterocycles. The average Bonchev–Trinajstić information content (AvgIpc) is 3.05. The number of rotatable bonds is 4. The molecule has 3 aromatic carbocycles. The fraction of sp³-hybridized carbons (Fsp3) is 0.190. The monoisotopic (exact) mass is 348 g/mol. The van der Waals surface area contributed by atoms with Gasteiger partial charge in [0.25, 0.3) is 0 Å². The van der Waals surface area contributed by atoms with Gasteiger partial charge in [0, 0.05) is 12.6 Å². The first-order valence-corrected chi connectivity index (χ1v) is 8.30. The summed E-state index contributed by atoms with van der Waals surface area (Å²) < 4.78 is 18.3. The molecule has 0 saturated heterocycles. The molecule has 0 aliphatic carbocycles. The molecule has 1 aromatic heterocycles. The molecule has 26 heavy (non-hydrogen) atoms. The second kappa shape index (κ2) is 6.26. The number of benzene rings is 3. The van der Waals surface area contributed by atoms with Gasteiger partial charge in [0.2, 0.25) is 0 Å². The van der Waals surface area contributed by atoms with Gasteiger partial charge in [0.1, 0.15) is 5.75 Å². The van der Waals surface area contributed by atoms with Gasteiger partial charge in [0.15, 0.2) is 11.5 Å². The standard InChI is InChI=1S/C21H20N2O3/c1-23-12-22-21-17(23)9-14-10-18(25-3)19(26-4)11-16(14)20(21)13-5-7-15(24-2)8-6-13/h5-12H,1-4H3. The largest absolute Gasteiger partial charge is 0.497 e. The molecule has 0 aliphatic rings. The van der Waals surface area contributed by atoms with Crippen molar-refractivity contribution in [3.05, 3.63) is 48.8 Å². The Bertz CT molecular complexity index is 1100. The van der Waals surface area contributed by atoms with Crippen molar-refractivity contribution in [2.24, 2.45) is 7.05 Å². The summed E-state index contributed by atoms with van der Waals surface area (Å²) in [6, 6.07) is 14.2. The second-order valence-electron chi connectivity index (χ2n) is 6.13. The van der Waals surface area contributed by atoms with Gasteiger partial charge < -0.3 is 18.8 Å². The van der Waals surface area contributed by atoms with Crippen LogP contribution >= 0.6 is 0 Å². The van der Waals surface area contributed by atoms with E-state index in [1.807, 2.05) is 42.2 Å². The molecule has 0 amide bonds. The molecule has 4 aromatic rings. The predicted octanol–water partition coefficient (Wildman–Crippen LogP) is 4.42. The van der Waals surface area contributed by atoms with E-state index in [9.17, 15) is 0 Å². The van der Waals surface area contributed by atoms with E-state index in [-0.39, 0.29) is 0 Å². The van der Waals surface area contributed by atoms with E-state index in [0.29, 0.717) is 11.5 Å². The third-order valence-corrected chi connectivity index (χ3v) is 4.72. The van der Waals surface area contributed by atoms with Gasteiger partial charge in [-0.15, -0.1) is 0 Å². The third-order valence-electron chi connectivity index (χ3n) is 4.72. The Balaban J connectivity index is 2.11. The van der Waals surface area contributed by atoms with Gasteiger partial charge in [-0.05, 0) is 46.7 Å². The van der Waals surface area contributed by atoms with Gasteiger partial charge in [0.05, 0.1) is 38.7 Å². The third kappa shape index (κ3) is 2.44. The summed E-state index contributed by atoms with van der Waals surface area (Å²) in [4.78, 5) is 4.65. The van der Waals surface area contributed by atoms with Crippen LogP contribution in [-0.2, 0) is 7.05 Å². The van der Waals surface area contributed by atoms with Crippen LogP contribution in [0.1, 0.15) is 0 Å². The minimum absolute atomic E-state index is 0.699. The highest BCUT2D eigenvalue weighted by Crippen LogP contribution is 2.41. The number of hydrogen-bond acceptors (Lipinski definition) is 4. The van der Waals surface area contributed by atoms with Crippen molar-refractivity contribution in [2.75, 3.05) is 21.3 Å². The normalized spacial score (nSPS) is 11.1. The zero-order valence-electron chi connectivity index (χ0n) is 15.2. The van der Waals surface area contributed by atoms with E-state index in [4.69, 9.17) is 14.2 Å². The Labute approximate surface area is 151 Å². The molecule has 132 valence electrons. The van der Waals surface area contributed by atoms with Crippen molar-refractivity contribution in [3.63, 3.8) is 0 Å². The Kier molecular flexibility index (Phi) is 3.92. The molecule has 0 N–H and O–H groups in total. The molecule has 0 unspecified atom stereocenters. The summed E-state index contributed by atoms with van der Waals surface area (Å²) in [6.45, 7) is 0. The first-order chi connectivity index (χ1) is 12.7. The van der Waals surface area contributed by atoms with Crippen LogP contribution in [0.4, 0.5) is 0 Å². The van der Waals surface area contributed by atoms with Gasteiger partial charge in [-0.3, -0.25) is 0 Å². The number of fused-ring (bicyclic) bond motifs is 2. The van der Waals surface area contributed by atoms with Crippen molar-refractivity contribution in [2.45, 2.75) is 0 Å². The van der Waals surface area contributed by atoms with E-state index in [1.165, 1.54) is 0 Å². The Hall–Kier alpha value is -3.21. The molecule has 5 heteroatoms. The number of ether oxygens (including phenoxy) is 3. The van der Waals surface area contributed by atoms with E-state index < -0.39 is 0 Å². The summed E-state index contributed by atoms with van der Waals surface area (Å²) in [5.41, 5.74) is 4.17. The molecule has 4 rings (SSSR count). The van der Waals surface area contributed by atoms with Crippen molar-refractivity contribution in [1.82, 2.24) is 9.55 Å². The van der Waals surface area contributed by atoms with Gasteiger partial charge in [-0.1, -0.05) is 12.1 Å². The van der Waals surface area contributed by atoms with Crippen LogP contribution in [0.2, 0.25) is 0 Å². The highest BCUT2D eigenvalue weighted by atomic mass is 16.5. The van der Waals surface area contributed by atoms with Crippen molar-refractivity contribution >= 4 is 21.8 Å². The zero-order chi connectivity index (χ0) is 18.3. The maximum Gasteiger partial charge on any atom is 0.161 e. The number of methoxy groups -OCH3 is 3. The van der Waals surface area contributed by atoms with Gasteiger partial charge in [-0.25, -0.2) is 4.98 Å². The number of aromatic nitrogens is 2. The summed E-state index contributed by atoms with van der Waals surface area (Å²) in [6.07, 6.45) is 1.84.